The van der Waals surface area contributed by atoms with Crippen LogP contribution in [0.3, 0.4) is 0 Å². The standard InChI is InChI=1S/C14H12N2O6/c1-2-21-14(18)15-11-5-3-9(7-12(11)16(19)20)13-6-4-10(8-17)22-13/h3-8H,2H2,1H3,(H,15,18). The number of nitrogens with zero attached hydrogens (tertiary/aromatic N) is 1. The molecule has 0 aliphatic heterocycles. The number of nitrogens with one attached hydrogen (secondary N) is 1. The minimum absolute atomic E-state index is 0.00867. The highest BCUT2D eigenvalue weighted by Gasteiger charge is 2.18. The fourth-order valence-corrected chi connectivity index (χ4v) is 1.79. The van der Waals surface area contributed by atoms with Crippen LogP contribution in [0.2, 0.25) is 0 Å². The molecule has 22 heavy (non-hydrogen) atoms. The third-order valence-electron chi connectivity index (χ3n) is 2.73. The fraction of sp³-hybridized carbons (Fsp3) is 0.143. The summed E-state index contributed by atoms with van der Waals surface area (Å²) in [6, 6.07) is 7.13. The largest absolute Gasteiger partial charge is 0.453 e. The summed E-state index contributed by atoms with van der Waals surface area (Å²) >= 11 is 0. The summed E-state index contributed by atoms with van der Waals surface area (Å²) in [5.74, 6) is 0.430. The van der Waals surface area contributed by atoms with E-state index in [1.165, 1.54) is 30.3 Å². The summed E-state index contributed by atoms with van der Waals surface area (Å²) in [5.41, 5.74) is 0.109. The number of nitro groups is 1. The highest BCUT2D eigenvalue weighted by Crippen LogP contribution is 2.31. The summed E-state index contributed by atoms with van der Waals surface area (Å²) in [7, 11) is 0. The number of amides is 1. The van der Waals surface area contributed by atoms with Crippen LogP contribution in [0.15, 0.2) is 34.7 Å². The maximum absolute atomic E-state index is 11.4. The highest BCUT2D eigenvalue weighted by molar-refractivity contribution is 5.89. The van der Waals surface area contributed by atoms with Crippen molar-refractivity contribution in [3.8, 4) is 11.3 Å². The van der Waals surface area contributed by atoms with Crippen molar-refractivity contribution < 1.29 is 23.7 Å². The molecule has 0 spiro atoms. The number of rotatable bonds is 5. The van der Waals surface area contributed by atoms with E-state index in [1.54, 1.807) is 6.92 Å². The molecule has 0 unspecified atom stereocenters. The second-order valence-electron chi connectivity index (χ2n) is 4.15. The number of nitro benzene ring substituents is 1. The zero-order chi connectivity index (χ0) is 16.1. The number of anilines is 1. The van der Waals surface area contributed by atoms with Gasteiger partial charge in [0.15, 0.2) is 12.0 Å². The number of furan rings is 1. The molecule has 1 heterocycles. The van der Waals surface area contributed by atoms with Crippen LogP contribution in [-0.2, 0) is 4.74 Å². The lowest BCUT2D eigenvalue weighted by atomic mass is 10.1. The molecule has 2 aromatic rings. The van der Waals surface area contributed by atoms with Gasteiger partial charge in [-0.05, 0) is 31.2 Å². The summed E-state index contributed by atoms with van der Waals surface area (Å²) in [6.45, 7) is 1.77. The van der Waals surface area contributed by atoms with E-state index >= 15 is 0 Å². The van der Waals surface area contributed by atoms with Crippen LogP contribution in [0.25, 0.3) is 11.3 Å². The molecule has 1 N–H and O–H groups in total. The van der Waals surface area contributed by atoms with Crippen molar-refractivity contribution in [1.82, 2.24) is 0 Å². The molecule has 0 saturated carbocycles. The number of aldehydes is 1. The average molecular weight is 304 g/mol. The van der Waals surface area contributed by atoms with E-state index in [0.29, 0.717) is 17.6 Å². The van der Waals surface area contributed by atoms with Crippen molar-refractivity contribution in [3.05, 3.63) is 46.2 Å². The Morgan fingerprint density at radius 3 is 2.77 bits per heavy atom. The van der Waals surface area contributed by atoms with Gasteiger partial charge in [0.05, 0.1) is 11.5 Å². The van der Waals surface area contributed by atoms with E-state index in [-0.39, 0.29) is 23.7 Å². The molecule has 0 radical (unpaired) electrons. The number of hydrogen-bond donors (Lipinski definition) is 1. The number of benzene rings is 1. The Kier molecular flexibility index (Phi) is 4.52. The number of hydrogen-bond acceptors (Lipinski definition) is 6. The predicted molar refractivity (Wildman–Crippen MR) is 76.8 cm³/mol. The highest BCUT2D eigenvalue weighted by atomic mass is 16.6. The molecule has 0 bridgehead atoms. The van der Waals surface area contributed by atoms with Crippen LogP contribution >= 0.6 is 0 Å². The first-order valence-corrected chi connectivity index (χ1v) is 6.32. The second-order valence-corrected chi connectivity index (χ2v) is 4.15. The Labute approximate surface area is 124 Å². The Morgan fingerprint density at radius 1 is 1.41 bits per heavy atom. The van der Waals surface area contributed by atoms with Gasteiger partial charge in [-0.3, -0.25) is 20.2 Å². The molecule has 114 valence electrons. The maximum atomic E-state index is 11.4. The van der Waals surface area contributed by atoms with E-state index in [4.69, 9.17) is 4.42 Å². The Morgan fingerprint density at radius 2 is 2.18 bits per heavy atom. The molecular formula is C14H12N2O6. The van der Waals surface area contributed by atoms with Gasteiger partial charge in [0.1, 0.15) is 11.4 Å². The number of carbonyl (C=O) groups is 2. The van der Waals surface area contributed by atoms with Gasteiger partial charge in [-0.2, -0.15) is 0 Å². The summed E-state index contributed by atoms with van der Waals surface area (Å²) in [4.78, 5) is 32.5. The van der Waals surface area contributed by atoms with Gasteiger partial charge < -0.3 is 9.15 Å². The van der Waals surface area contributed by atoms with Gasteiger partial charge in [-0.25, -0.2) is 4.79 Å². The van der Waals surface area contributed by atoms with E-state index in [9.17, 15) is 19.7 Å². The van der Waals surface area contributed by atoms with Crippen molar-refractivity contribution in [2.75, 3.05) is 11.9 Å². The molecule has 8 nitrogen and oxygen atoms in total. The second kappa shape index (κ2) is 6.53. The van der Waals surface area contributed by atoms with Gasteiger partial charge in [0.2, 0.25) is 0 Å². The van der Waals surface area contributed by atoms with Crippen LogP contribution < -0.4 is 5.32 Å². The molecular weight excluding hydrogens is 292 g/mol. The topological polar surface area (TPSA) is 112 Å². The van der Waals surface area contributed by atoms with Gasteiger partial charge in [-0.1, -0.05) is 0 Å². The quantitative estimate of drug-likeness (QED) is 0.515. The normalized spacial score (nSPS) is 10.0. The predicted octanol–water partition coefficient (Wildman–Crippen LogP) is 3.24. The number of carbonyl (C=O) groups excluding carboxylic acids is 2. The van der Waals surface area contributed by atoms with Crippen LogP contribution in [0.5, 0.6) is 0 Å². The molecule has 2 rings (SSSR count). The maximum Gasteiger partial charge on any atom is 0.411 e. The molecule has 0 fully saturated rings. The lowest BCUT2D eigenvalue weighted by Gasteiger charge is -2.07. The van der Waals surface area contributed by atoms with Gasteiger partial charge >= 0.3 is 6.09 Å². The third-order valence-corrected chi connectivity index (χ3v) is 2.73. The minimum Gasteiger partial charge on any atom is -0.453 e. The molecule has 1 aromatic carbocycles. The molecule has 0 saturated heterocycles. The third kappa shape index (κ3) is 3.29. The average Bonchev–Trinajstić information content (AvgIpc) is 2.96. The smallest absolute Gasteiger partial charge is 0.411 e. The Hall–Kier alpha value is -3.16. The van der Waals surface area contributed by atoms with Crippen molar-refractivity contribution in [2.24, 2.45) is 0 Å². The molecule has 1 amide bonds. The van der Waals surface area contributed by atoms with Crippen LogP contribution in [0.4, 0.5) is 16.2 Å². The van der Waals surface area contributed by atoms with Crippen LogP contribution in [-0.4, -0.2) is 23.9 Å². The van der Waals surface area contributed by atoms with Gasteiger partial charge in [-0.15, -0.1) is 0 Å². The molecule has 8 heteroatoms. The summed E-state index contributed by atoms with van der Waals surface area (Å²) in [5, 5.41) is 13.4. The first kappa shape index (κ1) is 15.2. The molecule has 0 atom stereocenters. The number of ether oxygens (including phenoxy) is 1. The van der Waals surface area contributed by atoms with E-state index < -0.39 is 11.0 Å². The Bertz CT molecular complexity index is 722. The SMILES string of the molecule is CCOC(=O)Nc1ccc(-c2ccc(C=O)o2)cc1[N+](=O)[O-]. The van der Waals surface area contributed by atoms with Crippen LogP contribution in [0, 0.1) is 10.1 Å². The molecule has 0 aliphatic carbocycles. The van der Waals surface area contributed by atoms with Gasteiger partial charge in [0.25, 0.3) is 5.69 Å². The zero-order valence-electron chi connectivity index (χ0n) is 11.6. The van der Waals surface area contributed by atoms with Crippen molar-refractivity contribution in [2.45, 2.75) is 6.92 Å². The molecule has 1 aromatic heterocycles. The van der Waals surface area contributed by atoms with E-state index in [0.717, 1.165) is 0 Å². The summed E-state index contributed by atoms with van der Waals surface area (Å²) < 4.78 is 9.89. The first-order chi connectivity index (χ1) is 10.5. The van der Waals surface area contributed by atoms with E-state index in [1.807, 2.05) is 0 Å². The van der Waals surface area contributed by atoms with E-state index in [2.05, 4.69) is 10.1 Å². The van der Waals surface area contributed by atoms with Gasteiger partial charge in [0, 0.05) is 11.6 Å². The summed E-state index contributed by atoms with van der Waals surface area (Å²) in [6.07, 6.45) is -0.242. The lowest BCUT2D eigenvalue weighted by Crippen LogP contribution is -2.14. The monoisotopic (exact) mass is 304 g/mol. The van der Waals surface area contributed by atoms with Crippen LogP contribution in [0.1, 0.15) is 17.5 Å². The minimum atomic E-state index is -0.778. The van der Waals surface area contributed by atoms with Crippen molar-refractivity contribution >= 4 is 23.8 Å². The zero-order valence-corrected chi connectivity index (χ0v) is 11.6. The molecule has 0 aliphatic rings. The fourth-order valence-electron chi connectivity index (χ4n) is 1.79. The van der Waals surface area contributed by atoms with Crippen molar-refractivity contribution in [3.63, 3.8) is 0 Å². The van der Waals surface area contributed by atoms with Crippen molar-refractivity contribution in [1.29, 1.82) is 0 Å². The first-order valence-electron chi connectivity index (χ1n) is 6.32. The Balaban J connectivity index is 2.36. The lowest BCUT2D eigenvalue weighted by molar-refractivity contribution is -0.383.